The van der Waals surface area contributed by atoms with Crippen LogP contribution in [-0.4, -0.2) is 47.6 Å². The van der Waals surface area contributed by atoms with Crippen LogP contribution in [0.25, 0.3) is 0 Å². The highest BCUT2D eigenvalue weighted by Crippen LogP contribution is 2.26. The lowest BCUT2D eigenvalue weighted by Gasteiger charge is -2.14. The summed E-state index contributed by atoms with van der Waals surface area (Å²) in [5, 5.41) is 14.1. The number of hydrogen-bond donors (Lipinski definition) is 1. The van der Waals surface area contributed by atoms with Crippen LogP contribution in [0.3, 0.4) is 0 Å². The number of nitrogens with one attached hydrogen (secondary N) is 1. The first-order valence-electron chi connectivity index (χ1n) is 7.45. The van der Waals surface area contributed by atoms with Crippen LogP contribution in [-0.2, 0) is 0 Å². The molecule has 7 nitrogen and oxygen atoms in total. The van der Waals surface area contributed by atoms with Gasteiger partial charge in [-0.15, -0.1) is 0 Å². The standard InChI is InChI=1S/C14H22N4O3/c1-2-7-15-13-6-5-12(18(19)20)14(16-13)21-11-10-17-8-3-4-9-17/h5-6H,2-4,7-11H2,1H3,(H,15,16). The Morgan fingerprint density at radius 2 is 2.19 bits per heavy atom. The van der Waals surface area contributed by atoms with Gasteiger partial charge in [0.15, 0.2) is 0 Å². The van der Waals surface area contributed by atoms with E-state index in [2.05, 4.69) is 15.2 Å². The van der Waals surface area contributed by atoms with Crippen molar-refractivity contribution in [3.63, 3.8) is 0 Å². The number of anilines is 1. The molecule has 1 N–H and O–H groups in total. The van der Waals surface area contributed by atoms with Crippen LogP contribution in [0.4, 0.5) is 11.5 Å². The lowest BCUT2D eigenvalue weighted by atomic mass is 10.4. The van der Waals surface area contributed by atoms with Gasteiger partial charge in [0.05, 0.1) is 4.92 Å². The van der Waals surface area contributed by atoms with Gasteiger partial charge in [0, 0.05) is 19.2 Å². The molecule has 1 aliphatic rings. The number of hydrogen-bond acceptors (Lipinski definition) is 6. The van der Waals surface area contributed by atoms with E-state index in [-0.39, 0.29) is 11.6 Å². The fraction of sp³-hybridized carbons (Fsp3) is 0.643. The van der Waals surface area contributed by atoms with Crippen LogP contribution in [0.2, 0.25) is 0 Å². The topological polar surface area (TPSA) is 80.5 Å². The molecule has 1 saturated heterocycles. The lowest BCUT2D eigenvalue weighted by molar-refractivity contribution is -0.386. The van der Waals surface area contributed by atoms with E-state index < -0.39 is 4.92 Å². The number of ether oxygens (including phenoxy) is 1. The van der Waals surface area contributed by atoms with Crippen molar-refractivity contribution < 1.29 is 9.66 Å². The maximum absolute atomic E-state index is 11.0. The van der Waals surface area contributed by atoms with Gasteiger partial charge in [0.1, 0.15) is 12.4 Å². The summed E-state index contributed by atoms with van der Waals surface area (Å²) >= 11 is 0. The first-order valence-corrected chi connectivity index (χ1v) is 7.45. The second-order valence-corrected chi connectivity index (χ2v) is 5.10. The third-order valence-corrected chi connectivity index (χ3v) is 3.44. The Balaban J connectivity index is 1.97. The molecule has 0 aromatic carbocycles. The van der Waals surface area contributed by atoms with Crippen molar-refractivity contribution in [2.75, 3.05) is 38.1 Å². The van der Waals surface area contributed by atoms with Gasteiger partial charge < -0.3 is 10.1 Å². The molecule has 0 saturated carbocycles. The smallest absolute Gasteiger partial charge is 0.331 e. The van der Waals surface area contributed by atoms with E-state index >= 15 is 0 Å². The Bertz CT molecular complexity index is 475. The molecule has 1 aliphatic heterocycles. The number of nitrogens with zero attached hydrogens (tertiary/aromatic N) is 3. The summed E-state index contributed by atoms with van der Waals surface area (Å²) in [6, 6.07) is 3.05. The predicted molar refractivity (Wildman–Crippen MR) is 80.8 cm³/mol. The maximum Gasteiger partial charge on any atom is 0.331 e. The van der Waals surface area contributed by atoms with Gasteiger partial charge in [-0.05, 0) is 38.4 Å². The number of likely N-dealkylation sites (tertiary alicyclic amines) is 1. The Hall–Kier alpha value is -1.89. The lowest BCUT2D eigenvalue weighted by Crippen LogP contribution is -2.25. The minimum Gasteiger partial charge on any atom is -0.471 e. The summed E-state index contributed by atoms with van der Waals surface area (Å²) in [5.41, 5.74) is -0.0847. The average molecular weight is 294 g/mol. The molecule has 2 rings (SSSR count). The first kappa shape index (κ1) is 15.5. The summed E-state index contributed by atoms with van der Waals surface area (Å²) < 4.78 is 5.55. The maximum atomic E-state index is 11.0. The Kier molecular flexibility index (Phi) is 5.74. The number of aromatic nitrogens is 1. The molecule has 0 aliphatic carbocycles. The molecule has 1 aromatic heterocycles. The second-order valence-electron chi connectivity index (χ2n) is 5.10. The van der Waals surface area contributed by atoms with Crippen LogP contribution < -0.4 is 10.1 Å². The molecule has 0 amide bonds. The van der Waals surface area contributed by atoms with Crippen molar-refractivity contribution in [2.45, 2.75) is 26.2 Å². The average Bonchev–Trinajstić information content (AvgIpc) is 2.98. The van der Waals surface area contributed by atoms with E-state index in [1.54, 1.807) is 6.07 Å². The normalized spacial score (nSPS) is 15.1. The number of pyridine rings is 1. The van der Waals surface area contributed by atoms with Crippen LogP contribution in [0.1, 0.15) is 26.2 Å². The zero-order valence-corrected chi connectivity index (χ0v) is 12.4. The van der Waals surface area contributed by atoms with Gasteiger partial charge in [0.2, 0.25) is 0 Å². The Morgan fingerprint density at radius 1 is 1.43 bits per heavy atom. The van der Waals surface area contributed by atoms with Crippen LogP contribution >= 0.6 is 0 Å². The number of nitro groups is 1. The molecule has 2 heterocycles. The predicted octanol–water partition coefficient (Wildman–Crippen LogP) is 2.29. The third kappa shape index (κ3) is 4.56. The summed E-state index contributed by atoms with van der Waals surface area (Å²) in [4.78, 5) is 17.1. The largest absolute Gasteiger partial charge is 0.471 e. The van der Waals surface area contributed by atoms with Gasteiger partial charge in [-0.3, -0.25) is 15.0 Å². The monoisotopic (exact) mass is 294 g/mol. The van der Waals surface area contributed by atoms with Gasteiger partial charge in [-0.1, -0.05) is 6.92 Å². The fourth-order valence-electron chi connectivity index (χ4n) is 2.31. The van der Waals surface area contributed by atoms with Crippen molar-refractivity contribution in [1.82, 2.24) is 9.88 Å². The quantitative estimate of drug-likeness (QED) is 0.585. The molecule has 0 radical (unpaired) electrons. The van der Waals surface area contributed by atoms with Crippen molar-refractivity contribution in [1.29, 1.82) is 0 Å². The van der Waals surface area contributed by atoms with Crippen molar-refractivity contribution in [3.05, 3.63) is 22.2 Å². The van der Waals surface area contributed by atoms with Gasteiger partial charge >= 0.3 is 5.69 Å². The summed E-state index contributed by atoms with van der Waals surface area (Å²) in [7, 11) is 0. The molecule has 1 aromatic rings. The zero-order valence-electron chi connectivity index (χ0n) is 12.4. The zero-order chi connectivity index (χ0) is 15.1. The summed E-state index contributed by atoms with van der Waals surface area (Å²) in [6.45, 7) is 6.19. The van der Waals surface area contributed by atoms with Gasteiger partial charge in [-0.2, -0.15) is 4.98 Å². The summed E-state index contributed by atoms with van der Waals surface area (Å²) in [5.74, 6) is 0.707. The minimum absolute atomic E-state index is 0.0847. The SMILES string of the molecule is CCCNc1ccc([N+](=O)[O-])c(OCCN2CCCC2)n1. The van der Waals surface area contributed by atoms with Crippen LogP contribution in [0.15, 0.2) is 12.1 Å². The molecule has 0 bridgehead atoms. The molecule has 7 heteroatoms. The molecule has 116 valence electrons. The molecule has 0 unspecified atom stereocenters. The number of rotatable bonds is 8. The molecular weight excluding hydrogens is 272 g/mol. The van der Waals surface area contributed by atoms with E-state index in [1.165, 1.54) is 18.9 Å². The minimum atomic E-state index is -0.457. The van der Waals surface area contributed by atoms with Crippen molar-refractivity contribution in [3.8, 4) is 5.88 Å². The third-order valence-electron chi connectivity index (χ3n) is 3.44. The Labute approximate surface area is 124 Å². The summed E-state index contributed by atoms with van der Waals surface area (Å²) in [6.07, 6.45) is 3.40. The van der Waals surface area contributed by atoms with E-state index in [0.717, 1.165) is 32.6 Å². The highest BCUT2D eigenvalue weighted by molar-refractivity contribution is 5.49. The molecule has 0 spiro atoms. The van der Waals surface area contributed by atoms with Gasteiger partial charge in [-0.25, -0.2) is 0 Å². The molecule has 21 heavy (non-hydrogen) atoms. The molecule has 0 atom stereocenters. The van der Waals surface area contributed by atoms with Crippen LogP contribution in [0.5, 0.6) is 5.88 Å². The van der Waals surface area contributed by atoms with Crippen molar-refractivity contribution >= 4 is 11.5 Å². The molecule has 1 fully saturated rings. The van der Waals surface area contributed by atoms with E-state index in [9.17, 15) is 10.1 Å². The van der Waals surface area contributed by atoms with E-state index in [1.807, 2.05) is 6.92 Å². The second kappa shape index (κ2) is 7.78. The van der Waals surface area contributed by atoms with Crippen molar-refractivity contribution in [2.24, 2.45) is 0 Å². The molecular formula is C14H22N4O3. The van der Waals surface area contributed by atoms with Crippen LogP contribution in [0, 0.1) is 10.1 Å². The highest BCUT2D eigenvalue weighted by atomic mass is 16.6. The highest BCUT2D eigenvalue weighted by Gasteiger charge is 2.18. The van der Waals surface area contributed by atoms with E-state index in [0.29, 0.717) is 12.4 Å². The Morgan fingerprint density at radius 3 is 2.86 bits per heavy atom. The van der Waals surface area contributed by atoms with Gasteiger partial charge in [0.25, 0.3) is 5.88 Å². The first-order chi connectivity index (χ1) is 10.2. The van der Waals surface area contributed by atoms with E-state index in [4.69, 9.17) is 4.74 Å². The fourth-order valence-corrected chi connectivity index (χ4v) is 2.31.